The number of nitrogens with zero attached hydrogens (tertiary/aromatic N) is 1. The molecule has 1 unspecified atom stereocenters. The Balaban J connectivity index is 1.14. The molecule has 0 radical (unpaired) electrons. The molecule has 1 N–H and O–H groups in total. The van der Waals surface area contributed by atoms with Gasteiger partial charge in [0.25, 0.3) is 0 Å². The van der Waals surface area contributed by atoms with E-state index in [4.69, 9.17) is 9.15 Å². The number of hydrogen-bond acceptors (Lipinski definition) is 4. The molecule has 0 bridgehead atoms. The van der Waals surface area contributed by atoms with E-state index in [1.807, 2.05) is 6.07 Å². The van der Waals surface area contributed by atoms with Crippen LogP contribution in [0.2, 0.25) is 0 Å². The van der Waals surface area contributed by atoms with Crippen molar-refractivity contribution in [1.29, 1.82) is 0 Å². The van der Waals surface area contributed by atoms with Crippen LogP contribution < -0.4 is 0 Å². The van der Waals surface area contributed by atoms with Crippen LogP contribution in [0.4, 0.5) is 0 Å². The minimum atomic E-state index is -0.537. The number of hydrogen-bond donors (Lipinski definition) is 1. The van der Waals surface area contributed by atoms with Gasteiger partial charge in [-0.2, -0.15) is 0 Å². The summed E-state index contributed by atoms with van der Waals surface area (Å²) in [5, 5.41) is 12.3. The molecule has 2 heterocycles. The van der Waals surface area contributed by atoms with Crippen molar-refractivity contribution < 1.29 is 14.3 Å². The summed E-state index contributed by atoms with van der Waals surface area (Å²) < 4.78 is 12.3. The summed E-state index contributed by atoms with van der Waals surface area (Å²) in [5.41, 5.74) is -0.215. The second-order valence-electron chi connectivity index (χ2n) is 12.8. The lowest BCUT2D eigenvalue weighted by molar-refractivity contribution is -0.207. The molecule has 1 aromatic rings. The number of ether oxygens (including phenoxy) is 1. The van der Waals surface area contributed by atoms with Crippen LogP contribution in [0.3, 0.4) is 0 Å². The maximum Gasteiger partial charge on any atom is 0.107 e. The van der Waals surface area contributed by atoms with E-state index < -0.39 is 5.60 Å². The van der Waals surface area contributed by atoms with Gasteiger partial charge in [0, 0.05) is 17.9 Å². The van der Waals surface area contributed by atoms with Gasteiger partial charge in [0.1, 0.15) is 5.76 Å². The summed E-state index contributed by atoms with van der Waals surface area (Å²) >= 11 is 0. The van der Waals surface area contributed by atoms with Gasteiger partial charge < -0.3 is 19.2 Å². The number of furan rings is 1. The largest absolute Gasteiger partial charge is 0.469 e. The van der Waals surface area contributed by atoms with Gasteiger partial charge in [-0.1, -0.05) is 13.8 Å². The summed E-state index contributed by atoms with van der Waals surface area (Å²) in [6, 6.07) is 4.15. The van der Waals surface area contributed by atoms with Gasteiger partial charge in [0.2, 0.25) is 0 Å². The van der Waals surface area contributed by atoms with Crippen LogP contribution in [0.15, 0.2) is 22.8 Å². The normalized spacial score (nSPS) is 47.8. The van der Waals surface area contributed by atoms with Gasteiger partial charge in [-0.05, 0) is 119 Å². The molecule has 1 saturated heterocycles. The predicted octanol–water partition coefficient (Wildman–Crippen LogP) is 6.00. The van der Waals surface area contributed by atoms with E-state index in [1.165, 1.54) is 64.5 Å². The second kappa shape index (κ2) is 8.38. The van der Waals surface area contributed by atoms with Crippen LogP contribution in [-0.4, -0.2) is 48.0 Å². The molecule has 4 heteroatoms. The van der Waals surface area contributed by atoms with E-state index in [1.54, 1.807) is 6.26 Å². The van der Waals surface area contributed by atoms with Crippen molar-refractivity contribution in [3.05, 3.63) is 24.2 Å². The van der Waals surface area contributed by atoms with E-state index in [9.17, 15) is 5.11 Å². The van der Waals surface area contributed by atoms with Gasteiger partial charge in [-0.3, -0.25) is 0 Å². The molecule has 8 atom stereocenters. The van der Waals surface area contributed by atoms with E-state index in [2.05, 4.69) is 24.8 Å². The summed E-state index contributed by atoms with van der Waals surface area (Å²) in [6.45, 7) is 9.52. The molecule has 0 aromatic carbocycles. The fourth-order valence-corrected chi connectivity index (χ4v) is 9.64. The molecule has 6 rings (SSSR count). The lowest BCUT2D eigenvalue weighted by Gasteiger charge is -2.63. The first-order chi connectivity index (χ1) is 15.9. The Hall–Kier alpha value is -0.840. The third kappa shape index (κ3) is 3.49. The van der Waals surface area contributed by atoms with Gasteiger partial charge in [0.15, 0.2) is 0 Å². The monoisotopic (exact) mass is 455 g/mol. The van der Waals surface area contributed by atoms with Crippen LogP contribution in [-0.2, 0) is 4.74 Å². The van der Waals surface area contributed by atoms with Crippen LogP contribution >= 0.6 is 0 Å². The molecule has 4 saturated carbocycles. The fourth-order valence-electron chi connectivity index (χ4n) is 9.64. The quantitative estimate of drug-likeness (QED) is 0.591. The first kappa shape index (κ1) is 22.6. The molecule has 0 spiro atoms. The number of likely N-dealkylation sites (tertiary alicyclic amines) is 1. The van der Waals surface area contributed by atoms with Crippen molar-refractivity contribution in [2.45, 2.75) is 102 Å². The predicted molar refractivity (Wildman–Crippen MR) is 130 cm³/mol. The lowest BCUT2D eigenvalue weighted by Crippen LogP contribution is -2.62. The Kier molecular flexibility index (Phi) is 5.74. The highest BCUT2D eigenvalue weighted by atomic mass is 16.5. The molecule has 184 valence electrons. The average molecular weight is 456 g/mol. The third-order valence-electron chi connectivity index (χ3n) is 11.7. The minimum Gasteiger partial charge on any atom is -0.469 e. The molecule has 0 amide bonds. The van der Waals surface area contributed by atoms with Crippen LogP contribution in [0.25, 0.3) is 0 Å². The van der Waals surface area contributed by atoms with E-state index >= 15 is 0 Å². The number of aliphatic hydroxyl groups is 1. The van der Waals surface area contributed by atoms with Crippen molar-refractivity contribution in [3.8, 4) is 0 Å². The summed E-state index contributed by atoms with van der Waals surface area (Å²) in [7, 11) is 0. The topological polar surface area (TPSA) is 45.8 Å². The van der Waals surface area contributed by atoms with Crippen molar-refractivity contribution in [1.82, 2.24) is 4.90 Å². The molecule has 4 aliphatic carbocycles. The molecular weight excluding hydrogens is 410 g/mol. The van der Waals surface area contributed by atoms with Crippen molar-refractivity contribution in [2.24, 2.45) is 28.6 Å². The maximum atomic E-state index is 12.3. The Morgan fingerprint density at radius 1 is 1.03 bits per heavy atom. The molecule has 5 fully saturated rings. The molecule has 1 aromatic heterocycles. The molecule has 5 aliphatic rings. The third-order valence-corrected chi connectivity index (χ3v) is 11.7. The molecule has 1 aliphatic heterocycles. The molecule has 33 heavy (non-hydrogen) atoms. The Bertz CT molecular complexity index is 819. The second-order valence-corrected chi connectivity index (χ2v) is 12.8. The van der Waals surface area contributed by atoms with Crippen LogP contribution in [0.1, 0.15) is 96.2 Å². The summed E-state index contributed by atoms with van der Waals surface area (Å²) in [4.78, 5) is 2.56. The van der Waals surface area contributed by atoms with Gasteiger partial charge in [0.05, 0.1) is 24.6 Å². The minimum absolute atomic E-state index is 0.0505. The first-order valence-electron chi connectivity index (χ1n) is 14.0. The Morgan fingerprint density at radius 2 is 1.88 bits per heavy atom. The van der Waals surface area contributed by atoms with Crippen molar-refractivity contribution in [2.75, 3.05) is 26.2 Å². The zero-order valence-corrected chi connectivity index (χ0v) is 20.9. The van der Waals surface area contributed by atoms with Gasteiger partial charge >= 0.3 is 0 Å². The molecule has 4 nitrogen and oxygen atoms in total. The lowest BCUT2D eigenvalue weighted by atomic mass is 9.43. The van der Waals surface area contributed by atoms with E-state index in [-0.39, 0.29) is 5.41 Å². The Morgan fingerprint density at radius 3 is 2.67 bits per heavy atom. The first-order valence-corrected chi connectivity index (χ1v) is 14.0. The maximum absolute atomic E-state index is 12.3. The van der Waals surface area contributed by atoms with E-state index in [0.29, 0.717) is 29.3 Å². The molecular formula is C29H45NO3. The summed E-state index contributed by atoms with van der Waals surface area (Å²) in [6.07, 6.45) is 15.6. The van der Waals surface area contributed by atoms with Gasteiger partial charge in [-0.25, -0.2) is 0 Å². The average Bonchev–Trinajstić information content (AvgIpc) is 3.55. The van der Waals surface area contributed by atoms with Crippen LogP contribution in [0, 0.1) is 28.6 Å². The highest BCUT2D eigenvalue weighted by Gasteiger charge is 2.67. The number of rotatable bonds is 5. The van der Waals surface area contributed by atoms with Crippen LogP contribution in [0.5, 0.6) is 0 Å². The highest BCUT2D eigenvalue weighted by molar-refractivity contribution is 5.24. The standard InChI is InChI=1S/C29H45NO3/c1-27-12-9-22(32-19-17-30-15-3-4-16-30)20-21(27)7-8-24-23(27)10-13-28(2)25(11-14-29(24,28)31)26-6-5-18-33-26/h5-6,18,21-25,31H,3-4,7-17,19-20H2,1-2H3/t21-,22?,23-,24+,25+,27-,28+,29-/m0/s1. The van der Waals surface area contributed by atoms with Gasteiger partial charge in [-0.15, -0.1) is 0 Å². The fraction of sp³-hybridized carbons (Fsp3) is 0.862. The van der Waals surface area contributed by atoms with Crippen molar-refractivity contribution >= 4 is 0 Å². The Labute approximate surface area is 200 Å². The summed E-state index contributed by atoms with van der Waals surface area (Å²) in [5.74, 6) is 3.34. The highest BCUT2D eigenvalue weighted by Crippen LogP contribution is 2.70. The van der Waals surface area contributed by atoms with Crippen molar-refractivity contribution in [3.63, 3.8) is 0 Å². The smallest absolute Gasteiger partial charge is 0.107 e. The zero-order valence-electron chi connectivity index (χ0n) is 20.9. The SMILES string of the molecule is C[C@]12CCC(OCCN3CCCC3)C[C@@H]1CC[C@@H]1[C@@H]2CC[C@]2(C)[C@@H](c3ccco3)CC[C@]12O. The van der Waals surface area contributed by atoms with E-state index in [0.717, 1.165) is 44.1 Å². The number of fused-ring (bicyclic) bond motifs is 5. The zero-order chi connectivity index (χ0) is 22.7.